The number of halogens is 1. The summed E-state index contributed by atoms with van der Waals surface area (Å²) < 4.78 is 28.4. The zero-order chi connectivity index (χ0) is 13.2. The summed E-state index contributed by atoms with van der Waals surface area (Å²) in [4.78, 5) is 15.0. The lowest BCUT2D eigenvalue weighted by Crippen LogP contribution is -2.15. The van der Waals surface area contributed by atoms with Crippen molar-refractivity contribution in [3.05, 3.63) is 16.2 Å². The third-order valence-electron chi connectivity index (χ3n) is 2.06. The van der Waals surface area contributed by atoms with Crippen LogP contribution in [0.2, 0.25) is 0 Å². The van der Waals surface area contributed by atoms with Crippen molar-refractivity contribution in [1.82, 2.24) is 4.98 Å². The predicted molar refractivity (Wildman–Crippen MR) is 65.4 cm³/mol. The number of hydrogen-bond acceptors (Lipinski definition) is 6. The molecule has 1 rings (SSSR count). The second kappa shape index (κ2) is 5.01. The Hall–Kier alpha value is -1.15. The zero-order valence-electron chi connectivity index (χ0n) is 9.23. The molecule has 0 saturated carbocycles. The van der Waals surface area contributed by atoms with E-state index in [1.54, 1.807) is 0 Å². The lowest BCUT2D eigenvalue weighted by atomic mass is 10.3. The van der Waals surface area contributed by atoms with Gasteiger partial charge in [-0.2, -0.15) is 0 Å². The van der Waals surface area contributed by atoms with Crippen LogP contribution in [0.5, 0.6) is 0 Å². The Morgan fingerprint density at radius 1 is 1.59 bits per heavy atom. The minimum Gasteiger partial charge on any atom is -0.464 e. The molecule has 0 atom stereocenters. The Morgan fingerprint density at radius 3 is 2.65 bits per heavy atom. The van der Waals surface area contributed by atoms with Crippen molar-refractivity contribution in [2.75, 3.05) is 18.6 Å². The molecule has 0 aliphatic carbocycles. The van der Waals surface area contributed by atoms with Crippen LogP contribution in [0, 0.1) is 0 Å². The molecular weight excluding hydrogens is 312 g/mol. The van der Waals surface area contributed by atoms with E-state index >= 15 is 0 Å². The van der Waals surface area contributed by atoms with Crippen LogP contribution in [-0.4, -0.2) is 32.2 Å². The normalized spacial score (nSPS) is 11.2. The topological polar surface area (TPSA) is 99.4 Å². The number of sulfone groups is 1. The number of esters is 1. The highest BCUT2D eigenvalue weighted by Gasteiger charge is 2.24. The number of aromatic nitrogens is 1. The molecule has 0 saturated heterocycles. The second-order valence-corrected chi connectivity index (χ2v) is 6.20. The first kappa shape index (κ1) is 13.9. The number of carbonyl (C=O) groups excluding carboxylic acids is 1. The molecule has 94 valence electrons. The van der Waals surface area contributed by atoms with Gasteiger partial charge in [-0.3, -0.25) is 0 Å². The van der Waals surface area contributed by atoms with Crippen LogP contribution >= 0.6 is 15.9 Å². The van der Waals surface area contributed by atoms with Gasteiger partial charge in [0.2, 0.25) is 0 Å². The molecule has 6 nitrogen and oxygen atoms in total. The highest BCUT2D eigenvalue weighted by molar-refractivity contribution is 9.10. The number of nitrogen functional groups attached to an aromatic ring is 1. The maximum absolute atomic E-state index is 11.8. The SMILES string of the molecule is CCS(=O)(=O)c1cc(Br)c(N)nc1C(=O)OC. The van der Waals surface area contributed by atoms with Crippen molar-refractivity contribution >= 4 is 37.6 Å². The molecule has 0 unspecified atom stereocenters. The third kappa shape index (κ3) is 2.75. The van der Waals surface area contributed by atoms with Gasteiger partial charge in [-0.25, -0.2) is 18.2 Å². The number of anilines is 1. The van der Waals surface area contributed by atoms with E-state index in [2.05, 4.69) is 25.7 Å². The summed E-state index contributed by atoms with van der Waals surface area (Å²) in [5, 5.41) is 0. The van der Waals surface area contributed by atoms with Crippen molar-refractivity contribution in [3.63, 3.8) is 0 Å². The predicted octanol–water partition coefficient (Wildman–Crippen LogP) is 1.01. The summed E-state index contributed by atoms with van der Waals surface area (Å²) in [6, 6.07) is 1.26. The minimum absolute atomic E-state index is 0.0282. The number of nitrogens with zero attached hydrogens (tertiary/aromatic N) is 1. The van der Waals surface area contributed by atoms with Crippen LogP contribution in [0.3, 0.4) is 0 Å². The van der Waals surface area contributed by atoms with E-state index < -0.39 is 15.8 Å². The quantitative estimate of drug-likeness (QED) is 0.833. The van der Waals surface area contributed by atoms with Gasteiger partial charge in [0.05, 0.1) is 17.3 Å². The van der Waals surface area contributed by atoms with Crippen LogP contribution in [0.25, 0.3) is 0 Å². The summed E-state index contributed by atoms with van der Waals surface area (Å²) in [6.45, 7) is 1.47. The molecule has 0 fully saturated rings. The fourth-order valence-corrected chi connectivity index (χ4v) is 2.62. The molecule has 0 amide bonds. The van der Waals surface area contributed by atoms with Crippen molar-refractivity contribution in [3.8, 4) is 0 Å². The van der Waals surface area contributed by atoms with E-state index in [-0.39, 0.29) is 22.2 Å². The summed E-state index contributed by atoms with van der Waals surface area (Å²) in [5.74, 6) is -0.952. The average Bonchev–Trinajstić information content (AvgIpc) is 2.30. The van der Waals surface area contributed by atoms with E-state index in [0.29, 0.717) is 4.47 Å². The fraction of sp³-hybridized carbons (Fsp3) is 0.333. The number of ether oxygens (including phenoxy) is 1. The van der Waals surface area contributed by atoms with E-state index in [1.165, 1.54) is 13.0 Å². The summed E-state index contributed by atoms with van der Waals surface area (Å²) >= 11 is 3.07. The van der Waals surface area contributed by atoms with E-state index in [9.17, 15) is 13.2 Å². The number of methoxy groups -OCH3 is 1. The molecule has 8 heteroatoms. The van der Waals surface area contributed by atoms with Crippen LogP contribution in [0.15, 0.2) is 15.4 Å². The molecular formula is C9H11BrN2O4S. The van der Waals surface area contributed by atoms with Crippen LogP contribution in [0.1, 0.15) is 17.4 Å². The number of rotatable bonds is 3. The van der Waals surface area contributed by atoms with Crippen LogP contribution in [-0.2, 0) is 14.6 Å². The van der Waals surface area contributed by atoms with Crippen molar-refractivity contribution in [2.45, 2.75) is 11.8 Å². The van der Waals surface area contributed by atoms with Crippen molar-refractivity contribution in [1.29, 1.82) is 0 Å². The molecule has 0 aliphatic heterocycles. The van der Waals surface area contributed by atoms with Gasteiger partial charge >= 0.3 is 5.97 Å². The van der Waals surface area contributed by atoms with Crippen LogP contribution < -0.4 is 5.73 Å². The van der Waals surface area contributed by atoms with Gasteiger partial charge in [-0.15, -0.1) is 0 Å². The zero-order valence-corrected chi connectivity index (χ0v) is 11.6. The lowest BCUT2D eigenvalue weighted by molar-refractivity contribution is 0.0589. The molecule has 1 aromatic rings. The highest BCUT2D eigenvalue weighted by Crippen LogP contribution is 2.25. The van der Waals surface area contributed by atoms with E-state index in [4.69, 9.17) is 5.73 Å². The van der Waals surface area contributed by atoms with Crippen LogP contribution in [0.4, 0.5) is 5.82 Å². The molecule has 0 aromatic carbocycles. The summed E-state index contributed by atoms with van der Waals surface area (Å²) in [6.07, 6.45) is 0. The van der Waals surface area contributed by atoms with Gasteiger partial charge in [0.15, 0.2) is 15.5 Å². The van der Waals surface area contributed by atoms with Gasteiger partial charge in [0.25, 0.3) is 0 Å². The number of pyridine rings is 1. The minimum atomic E-state index is -3.57. The molecule has 2 N–H and O–H groups in total. The first-order chi connectivity index (χ1) is 7.83. The Balaban J connectivity index is 3.58. The number of carbonyl (C=O) groups is 1. The van der Waals surface area contributed by atoms with Gasteiger partial charge in [-0.1, -0.05) is 6.92 Å². The Kier molecular flexibility index (Phi) is 4.10. The maximum Gasteiger partial charge on any atom is 0.358 e. The summed E-state index contributed by atoms with van der Waals surface area (Å²) in [7, 11) is -2.43. The molecule has 0 aliphatic rings. The first-order valence-corrected chi connectivity index (χ1v) is 7.05. The van der Waals surface area contributed by atoms with E-state index in [0.717, 1.165) is 7.11 Å². The maximum atomic E-state index is 11.8. The monoisotopic (exact) mass is 322 g/mol. The third-order valence-corrected chi connectivity index (χ3v) is 4.44. The van der Waals surface area contributed by atoms with E-state index in [1.807, 2.05) is 0 Å². The van der Waals surface area contributed by atoms with Gasteiger partial charge in [0, 0.05) is 0 Å². The molecule has 0 bridgehead atoms. The van der Waals surface area contributed by atoms with Gasteiger partial charge in [0.1, 0.15) is 10.7 Å². The molecule has 17 heavy (non-hydrogen) atoms. The average molecular weight is 323 g/mol. The Bertz CT molecular complexity index is 556. The molecule has 0 radical (unpaired) electrons. The fourth-order valence-electron chi connectivity index (χ4n) is 1.12. The Morgan fingerprint density at radius 2 is 2.18 bits per heavy atom. The smallest absolute Gasteiger partial charge is 0.358 e. The second-order valence-electron chi connectivity index (χ2n) is 3.10. The standard InChI is InChI=1S/C9H11BrN2O4S/c1-3-17(14,15)6-4-5(10)8(11)12-7(6)9(13)16-2/h4H,3H2,1-2H3,(H2,11,12). The molecule has 1 heterocycles. The molecule has 0 spiro atoms. The van der Waals surface area contributed by atoms with Crippen molar-refractivity contribution in [2.24, 2.45) is 0 Å². The number of nitrogens with two attached hydrogens (primary N) is 1. The lowest BCUT2D eigenvalue weighted by Gasteiger charge is -2.09. The molecule has 1 aromatic heterocycles. The number of hydrogen-bond donors (Lipinski definition) is 1. The van der Waals surface area contributed by atoms with Crippen molar-refractivity contribution < 1.29 is 17.9 Å². The van der Waals surface area contributed by atoms with Gasteiger partial charge < -0.3 is 10.5 Å². The van der Waals surface area contributed by atoms with Gasteiger partial charge in [-0.05, 0) is 22.0 Å². The Labute approximate surface area is 107 Å². The first-order valence-electron chi connectivity index (χ1n) is 4.60. The summed E-state index contributed by atoms with van der Waals surface area (Å²) in [5.41, 5.74) is 5.21. The largest absolute Gasteiger partial charge is 0.464 e. The highest BCUT2D eigenvalue weighted by atomic mass is 79.9.